The molecule has 0 spiro atoms. The summed E-state index contributed by atoms with van der Waals surface area (Å²) in [5.74, 6) is 0.854. The zero-order chi connectivity index (χ0) is 13.1. The molecule has 96 valence electrons. The van der Waals surface area contributed by atoms with E-state index in [0.29, 0.717) is 5.02 Å². The number of aryl methyl sites for hydroxylation is 1. The molecule has 18 heavy (non-hydrogen) atoms. The maximum Gasteiger partial charge on any atom is 0.207 e. The molecule has 5 heteroatoms. The number of halogens is 2. The lowest BCUT2D eigenvalue weighted by molar-refractivity contribution is 0.936. The van der Waals surface area contributed by atoms with E-state index in [2.05, 4.69) is 33.2 Å². The average Bonchev–Trinajstić information content (AvgIpc) is 2.71. The number of benzene rings is 1. The molecule has 0 saturated heterocycles. The Kier molecular flexibility index (Phi) is 4.30. The first-order valence-electron chi connectivity index (χ1n) is 5.87. The van der Waals surface area contributed by atoms with Gasteiger partial charge in [-0.05, 0) is 47.5 Å². The summed E-state index contributed by atoms with van der Waals surface area (Å²) in [4.78, 5) is 4.47. The lowest BCUT2D eigenvalue weighted by Crippen LogP contribution is -2.06. The molecule has 1 N–H and O–H groups in total. The Hall–Kier alpha value is -1.000. The van der Waals surface area contributed by atoms with Gasteiger partial charge < -0.3 is 5.32 Å². The van der Waals surface area contributed by atoms with Crippen LogP contribution in [0.3, 0.4) is 0 Å². The van der Waals surface area contributed by atoms with Crippen molar-refractivity contribution in [1.29, 1.82) is 0 Å². The SMILES string of the molecule is CCCNc1nc(C)cn1-c1ccc(Br)c(Cl)c1. The summed E-state index contributed by atoms with van der Waals surface area (Å²) in [6.45, 7) is 5.01. The normalized spacial score (nSPS) is 10.7. The lowest BCUT2D eigenvalue weighted by atomic mass is 10.3. The second kappa shape index (κ2) is 5.76. The highest BCUT2D eigenvalue weighted by molar-refractivity contribution is 9.10. The third-order valence-corrected chi connectivity index (χ3v) is 3.77. The summed E-state index contributed by atoms with van der Waals surface area (Å²) in [7, 11) is 0. The molecule has 0 fully saturated rings. The van der Waals surface area contributed by atoms with E-state index in [0.717, 1.165) is 34.8 Å². The minimum atomic E-state index is 0.695. The fourth-order valence-corrected chi connectivity index (χ4v) is 2.11. The van der Waals surface area contributed by atoms with Crippen LogP contribution in [0, 0.1) is 6.92 Å². The van der Waals surface area contributed by atoms with Crippen molar-refractivity contribution in [2.24, 2.45) is 0 Å². The Morgan fingerprint density at radius 2 is 2.22 bits per heavy atom. The largest absolute Gasteiger partial charge is 0.355 e. The zero-order valence-electron chi connectivity index (χ0n) is 10.4. The molecular formula is C13H15BrClN3. The van der Waals surface area contributed by atoms with Gasteiger partial charge in [-0.15, -0.1) is 0 Å². The molecule has 0 aliphatic carbocycles. The van der Waals surface area contributed by atoms with Crippen LogP contribution in [0.1, 0.15) is 19.0 Å². The van der Waals surface area contributed by atoms with E-state index in [-0.39, 0.29) is 0 Å². The molecule has 0 unspecified atom stereocenters. The Bertz CT molecular complexity index is 551. The maximum atomic E-state index is 6.13. The van der Waals surface area contributed by atoms with Crippen molar-refractivity contribution in [2.45, 2.75) is 20.3 Å². The summed E-state index contributed by atoms with van der Waals surface area (Å²) in [5.41, 5.74) is 1.98. The van der Waals surface area contributed by atoms with Crippen LogP contribution in [-0.4, -0.2) is 16.1 Å². The summed E-state index contributed by atoms with van der Waals surface area (Å²) < 4.78 is 2.91. The highest BCUT2D eigenvalue weighted by Crippen LogP contribution is 2.26. The number of imidazole rings is 1. The van der Waals surface area contributed by atoms with Gasteiger partial charge in [0.1, 0.15) is 0 Å². The van der Waals surface area contributed by atoms with Crippen LogP contribution in [0.2, 0.25) is 5.02 Å². The van der Waals surface area contributed by atoms with Crippen molar-refractivity contribution in [1.82, 2.24) is 9.55 Å². The molecule has 0 radical (unpaired) electrons. The van der Waals surface area contributed by atoms with Gasteiger partial charge in [-0.25, -0.2) is 4.98 Å². The smallest absolute Gasteiger partial charge is 0.207 e. The van der Waals surface area contributed by atoms with Crippen molar-refractivity contribution in [3.8, 4) is 5.69 Å². The number of hydrogen-bond acceptors (Lipinski definition) is 2. The van der Waals surface area contributed by atoms with Gasteiger partial charge in [-0.2, -0.15) is 0 Å². The number of aromatic nitrogens is 2. The molecule has 1 heterocycles. The first-order chi connectivity index (χ1) is 8.61. The molecule has 0 aliphatic heterocycles. The van der Waals surface area contributed by atoms with Crippen LogP contribution in [0.25, 0.3) is 5.69 Å². The maximum absolute atomic E-state index is 6.13. The highest BCUT2D eigenvalue weighted by Gasteiger charge is 2.08. The zero-order valence-corrected chi connectivity index (χ0v) is 12.7. The van der Waals surface area contributed by atoms with Crippen molar-refractivity contribution >= 4 is 33.5 Å². The monoisotopic (exact) mass is 327 g/mol. The summed E-state index contributed by atoms with van der Waals surface area (Å²) in [6, 6.07) is 5.87. The van der Waals surface area contributed by atoms with Crippen molar-refractivity contribution in [2.75, 3.05) is 11.9 Å². The van der Waals surface area contributed by atoms with Gasteiger partial charge in [-0.1, -0.05) is 18.5 Å². The van der Waals surface area contributed by atoms with Gasteiger partial charge in [0.05, 0.1) is 16.4 Å². The van der Waals surface area contributed by atoms with Crippen LogP contribution in [-0.2, 0) is 0 Å². The molecule has 0 atom stereocenters. The van der Waals surface area contributed by atoms with Gasteiger partial charge in [0, 0.05) is 17.2 Å². The molecular weight excluding hydrogens is 314 g/mol. The van der Waals surface area contributed by atoms with E-state index >= 15 is 0 Å². The van der Waals surface area contributed by atoms with Gasteiger partial charge in [-0.3, -0.25) is 4.57 Å². The highest BCUT2D eigenvalue weighted by atomic mass is 79.9. The molecule has 0 bridgehead atoms. The van der Waals surface area contributed by atoms with Crippen LogP contribution >= 0.6 is 27.5 Å². The number of nitrogens with one attached hydrogen (secondary N) is 1. The molecule has 1 aromatic carbocycles. The third-order valence-electron chi connectivity index (χ3n) is 2.54. The van der Waals surface area contributed by atoms with Crippen molar-refractivity contribution in [3.63, 3.8) is 0 Å². The third kappa shape index (κ3) is 2.87. The van der Waals surface area contributed by atoms with Crippen LogP contribution in [0.15, 0.2) is 28.9 Å². The number of rotatable bonds is 4. The average molecular weight is 329 g/mol. The molecule has 0 saturated carbocycles. The van der Waals surface area contributed by atoms with Crippen LogP contribution < -0.4 is 5.32 Å². The molecule has 0 amide bonds. The first-order valence-corrected chi connectivity index (χ1v) is 7.04. The van der Waals surface area contributed by atoms with E-state index in [9.17, 15) is 0 Å². The quantitative estimate of drug-likeness (QED) is 0.900. The summed E-state index contributed by atoms with van der Waals surface area (Å²) in [5, 5.41) is 4.01. The van der Waals surface area contributed by atoms with Gasteiger partial charge >= 0.3 is 0 Å². The van der Waals surface area contributed by atoms with Crippen molar-refractivity contribution in [3.05, 3.63) is 39.6 Å². The molecule has 2 aromatic rings. The number of hydrogen-bond donors (Lipinski definition) is 1. The standard InChI is InChI=1S/C13H15BrClN3/c1-3-6-16-13-17-9(2)8-18(13)10-4-5-11(14)12(15)7-10/h4-5,7-8H,3,6H2,1-2H3,(H,16,17). The first kappa shape index (κ1) is 13.4. The Morgan fingerprint density at radius 3 is 2.89 bits per heavy atom. The van der Waals surface area contributed by atoms with Gasteiger partial charge in [0.25, 0.3) is 0 Å². The molecule has 1 aromatic heterocycles. The molecule has 2 rings (SSSR count). The lowest BCUT2D eigenvalue weighted by Gasteiger charge is -2.09. The summed E-state index contributed by atoms with van der Waals surface area (Å²) >= 11 is 9.52. The van der Waals surface area contributed by atoms with Crippen LogP contribution in [0.4, 0.5) is 5.95 Å². The number of anilines is 1. The van der Waals surface area contributed by atoms with Gasteiger partial charge in [0.2, 0.25) is 5.95 Å². The molecule has 0 aliphatic rings. The van der Waals surface area contributed by atoms with E-state index in [4.69, 9.17) is 11.6 Å². The predicted octanol–water partition coefficient (Wildman–Crippen LogP) is 4.42. The number of nitrogens with zero attached hydrogens (tertiary/aromatic N) is 2. The minimum absolute atomic E-state index is 0.695. The van der Waals surface area contributed by atoms with E-state index < -0.39 is 0 Å². The fraction of sp³-hybridized carbons (Fsp3) is 0.308. The molecule has 3 nitrogen and oxygen atoms in total. The predicted molar refractivity (Wildman–Crippen MR) is 79.8 cm³/mol. The minimum Gasteiger partial charge on any atom is -0.355 e. The second-order valence-electron chi connectivity index (χ2n) is 4.10. The summed E-state index contributed by atoms with van der Waals surface area (Å²) in [6.07, 6.45) is 3.06. The Morgan fingerprint density at radius 1 is 1.44 bits per heavy atom. The second-order valence-corrected chi connectivity index (χ2v) is 5.36. The van der Waals surface area contributed by atoms with E-state index in [1.54, 1.807) is 0 Å². The van der Waals surface area contributed by atoms with Crippen molar-refractivity contribution < 1.29 is 0 Å². The fourth-order valence-electron chi connectivity index (χ4n) is 1.69. The van der Waals surface area contributed by atoms with Gasteiger partial charge in [0.15, 0.2) is 0 Å². The Labute approximate surface area is 120 Å². The van der Waals surface area contributed by atoms with E-state index in [1.165, 1.54) is 0 Å². The van der Waals surface area contributed by atoms with Crippen LogP contribution in [0.5, 0.6) is 0 Å². The Balaban J connectivity index is 2.39. The van der Waals surface area contributed by atoms with E-state index in [1.807, 2.05) is 35.9 Å². The topological polar surface area (TPSA) is 29.9 Å².